The van der Waals surface area contributed by atoms with Crippen LogP contribution in [0.2, 0.25) is 0 Å². The summed E-state index contributed by atoms with van der Waals surface area (Å²) in [5.74, 6) is 0.291. The molecule has 0 unspecified atom stereocenters. The number of ether oxygens (including phenoxy) is 2. The number of imide groups is 1. The lowest BCUT2D eigenvalue weighted by molar-refractivity contribution is -0.120. The van der Waals surface area contributed by atoms with Gasteiger partial charge in [0.1, 0.15) is 17.2 Å². The van der Waals surface area contributed by atoms with Gasteiger partial charge in [-0.25, -0.2) is 4.90 Å². The van der Waals surface area contributed by atoms with Crippen LogP contribution in [0.4, 0.5) is 11.4 Å². The van der Waals surface area contributed by atoms with Crippen molar-refractivity contribution in [3.05, 3.63) is 89.1 Å². The molecule has 0 saturated carbocycles. The Morgan fingerprint density at radius 1 is 0.882 bits per heavy atom. The molecule has 3 aromatic rings. The number of anilines is 2. The lowest BCUT2D eigenvalue weighted by atomic mass is 9.99. The van der Waals surface area contributed by atoms with Crippen molar-refractivity contribution in [2.45, 2.75) is 27.2 Å². The van der Waals surface area contributed by atoms with E-state index in [9.17, 15) is 9.59 Å². The van der Waals surface area contributed by atoms with Crippen molar-refractivity contribution in [2.75, 3.05) is 23.9 Å². The van der Waals surface area contributed by atoms with Crippen molar-refractivity contribution in [2.24, 2.45) is 0 Å². The van der Waals surface area contributed by atoms with Crippen LogP contribution in [0.1, 0.15) is 30.0 Å². The average Bonchev–Trinajstić information content (AvgIpc) is 3.08. The SMILES string of the molecule is CCCOc1cccc(NC2=C(c3ccc(C)c(C)c3)C(=O)N(c3ccccc3OC)C2=O)c1. The zero-order chi connectivity index (χ0) is 24.2. The Morgan fingerprint density at radius 3 is 2.41 bits per heavy atom. The second kappa shape index (κ2) is 9.83. The summed E-state index contributed by atoms with van der Waals surface area (Å²) in [4.78, 5) is 28.6. The molecule has 1 aliphatic heterocycles. The molecule has 0 aromatic heterocycles. The van der Waals surface area contributed by atoms with E-state index in [1.54, 1.807) is 24.3 Å². The highest BCUT2D eigenvalue weighted by Gasteiger charge is 2.41. The summed E-state index contributed by atoms with van der Waals surface area (Å²) in [6.45, 7) is 6.63. The van der Waals surface area contributed by atoms with Crippen LogP contribution in [-0.4, -0.2) is 25.5 Å². The fraction of sp³-hybridized carbons (Fsp3) is 0.214. The highest BCUT2D eigenvalue weighted by molar-refractivity contribution is 6.46. The Kier molecular flexibility index (Phi) is 6.68. The van der Waals surface area contributed by atoms with E-state index in [2.05, 4.69) is 5.32 Å². The van der Waals surface area contributed by atoms with E-state index in [0.717, 1.165) is 17.5 Å². The highest BCUT2D eigenvalue weighted by Crippen LogP contribution is 2.38. The van der Waals surface area contributed by atoms with Gasteiger partial charge >= 0.3 is 0 Å². The van der Waals surface area contributed by atoms with Gasteiger partial charge in [-0.1, -0.05) is 43.3 Å². The highest BCUT2D eigenvalue weighted by atomic mass is 16.5. The molecule has 1 heterocycles. The number of hydrogen-bond acceptors (Lipinski definition) is 5. The van der Waals surface area contributed by atoms with Crippen molar-refractivity contribution in [1.29, 1.82) is 0 Å². The summed E-state index contributed by atoms with van der Waals surface area (Å²) < 4.78 is 11.2. The fourth-order valence-corrected chi connectivity index (χ4v) is 3.87. The number of carbonyl (C=O) groups excluding carboxylic acids is 2. The first-order valence-electron chi connectivity index (χ1n) is 11.3. The third-order valence-electron chi connectivity index (χ3n) is 5.78. The number of benzene rings is 3. The molecular weight excluding hydrogens is 428 g/mol. The number of nitrogens with one attached hydrogen (secondary N) is 1. The first-order chi connectivity index (χ1) is 16.4. The van der Waals surface area contributed by atoms with Crippen molar-refractivity contribution >= 4 is 28.8 Å². The molecule has 174 valence electrons. The average molecular weight is 457 g/mol. The first-order valence-corrected chi connectivity index (χ1v) is 11.3. The molecule has 34 heavy (non-hydrogen) atoms. The smallest absolute Gasteiger partial charge is 0.282 e. The molecule has 0 atom stereocenters. The summed E-state index contributed by atoms with van der Waals surface area (Å²) >= 11 is 0. The Hall–Kier alpha value is -4.06. The van der Waals surface area contributed by atoms with Gasteiger partial charge in [-0.2, -0.15) is 0 Å². The van der Waals surface area contributed by atoms with Gasteiger partial charge < -0.3 is 14.8 Å². The number of rotatable bonds is 8. The largest absolute Gasteiger partial charge is 0.495 e. The number of amides is 2. The molecule has 2 amide bonds. The zero-order valence-electron chi connectivity index (χ0n) is 19.8. The normalized spacial score (nSPS) is 13.5. The number of para-hydroxylation sites is 2. The molecule has 0 fully saturated rings. The molecule has 0 radical (unpaired) electrons. The van der Waals surface area contributed by atoms with Gasteiger partial charge in [0.2, 0.25) is 0 Å². The van der Waals surface area contributed by atoms with E-state index in [0.29, 0.717) is 40.6 Å². The van der Waals surface area contributed by atoms with Gasteiger partial charge in [-0.15, -0.1) is 0 Å². The van der Waals surface area contributed by atoms with E-state index < -0.39 is 11.8 Å². The summed E-state index contributed by atoms with van der Waals surface area (Å²) in [5.41, 5.74) is 4.42. The maximum absolute atomic E-state index is 13.7. The quantitative estimate of drug-likeness (QED) is 0.454. The third-order valence-corrected chi connectivity index (χ3v) is 5.78. The van der Waals surface area contributed by atoms with Crippen LogP contribution in [0, 0.1) is 13.8 Å². The molecule has 6 heteroatoms. The van der Waals surface area contributed by atoms with E-state index in [1.165, 1.54) is 12.0 Å². The van der Waals surface area contributed by atoms with E-state index in [4.69, 9.17) is 9.47 Å². The molecule has 4 rings (SSSR count). The number of nitrogens with zero attached hydrogens (tertiary/aromatic N) is 1. The number of methoxy groups -OCH3 is 1. The number of hydrogen-bond donors (Lipinski definition) is 1. The zero-order valence-corrected chi connectivity index (χ0v) is 19.8. The summed E-state index contributed by atoms with van der Waals surface area (Å²) in [5, 5.41) is 3.20. The second-order valence-corrected chi connectivity index (χ2v) is 8.17. The number of aryl methyl sites for hydroxylation is 2. The van der Waals surface area contributed by atoms with Gasteiger partial charge in [0.05, 0.1) is 25.0 Å². The van der Waals surface area contributed by atoms with Gasteiger partial charge in [-0.3, -0.25) is 9.59 Å². The van der Waals surface area contributed by atoms with Crippen LogP contribution >= 0.6 is 0 Å². The maximum atomic E-state index is 13.7. The van der Waals surface area contributed by atoms with Gasteiger partial charge in [0.25, 0.3) is 11.8 Å². The topological polar surface area (TPSA) is 67.9 Å². The molecule has 0 saturated heterocycles. The summed E-state index contributed by atoms with van der Waals surface area (Å²) in [6, 6.07) is 20.1. The van der Waals surface area contributed by atoms with E-state index in [1.807, 2.05) is 63.2 Å². The Labute approximate surface area is 199 Å². The minimum absolute atomic E-state index is 0.215. The molecule has 0 bridgehead atoms. The predicted molar refractivity (Wildman–Crippen MR) is 134 cm³/mol. The fourth-order valence-electron chi connectivity index (χ4n) is 3.87. The standard InChI is InChI=1S/C28H28N2O4/c1-5-15-34-22-10-8-9-21(17-22)29-26-25(20-14-13-18(2)19(3)16-20)27(31)30(28(26)32)23-11-6-7-12-24(23)33-4/h6-14,16-17,29H,5,15H2,1-4H3. The van der Waals surface area contributed by atoms with Crippen LogP contribution in [0.25, 0.3) is 5.57 Å². The minimum Gasteiger partial charge on any atom is -0.495 e. The van der Waals surface area contributed by atoms with Crippen LogP contribution in [-0.2, 0) is 9.59 Å². The lowest BCUT2D eigenvalue weighted by Crippen LogP contribution is -2.32. The van der Waals surface area contributed by atoms with Gasteiger partial charge in [0, 0.05) is 11.8 Å². The van der Waals surface area contributed by atoms with Crippen LogP contribution in [0.5, 0.6) is 11.5 Å². The maximum Gasteiger partial charge on any atom is 0.282 e. The predicted octanol–water partition coefficient (Wildman–Crippen LogP) is 5.50. The van der Waals surface area contributed by atoms with E-state index >= 15 is 0 Å². The van der Waals surface area contributed by atoms with E-state index in [-0.39, 0.29) is 5.70 Å². The number of carbonyl (C=O) groups is 2. The van der Waals surface area contributed by atoms with Crippen LogP contribution < -0.4 is 19.7 Å². The Balaban J connectivity index is 1.81. The third kappa shape index (κ3) is 4.39. The summed E-state index contributed by atoms with van der Waals surface area (Å²) in [6.07, 6.45) is 0.889. The van der Waals surface area contributed by atoms with Crippen molar-refractivity contribution in [3.8, 4) is 11.5 Å². The Morgan fingerprint density at radius 2 is 1.68 bits per heavy atom. The molecule has 3 aromatic carbocycles. The summed E-state index contributed by atoms with van der Waals surface area (Å²) in [7, 11) is 1.52. The Bertz CT molecular complexity index is 1280. The molecule has 6 nitrogen and oxygen atoms in total. The second-order valence-electron chi connectivity index (χ2n) is 8.17. The van der Waals surface area contributed by atoms with Gasteiger partial charge in [-0.05, 0) is 61.2 Å². The van der Waals surface area contributed by atoms with Gasteiger partial charge in [0.15, 0.2) is 0 Å². The monoisotopic (exact) mass is 456 g/mol. The van der Waals surface area contributed by atoms with Crippen molar-refractivity contribution in [1.82, 2.24) is 0 Å². The first kappa shape index (κ1) is 23.1. The van der Waals surface area contributed by atoms with Crippen molar-refractivity contribution in [3.63, 3.8) is 0 Å². The van der Waals surface area contributed by atoms with Crippen molar-refractivity contribution < 1.29 is 19.1 Å². The molecule has 1 N–H and O–H groups in total. The molecular formula is C28H28N2O4. The molecule has 0 spiro atoms. The molecule has 0 aliphatic carbocycles. The van der Waals surface area contributed by atoms with Crippen LogP contribution in [0.3, 0.4) is 0 Å². The van der Waals surface area contributed by atoms with Crippen LogP contribution in [0.15, 0.2) is 72.4 Å². The lowest BCUT2D eigenvalue weighted by Gasteiger charge is -2.18. The minimum atomic E-state index is -0.442. The molecule has 1 aliphatic rings.